The van der Waals surface area contributed by atoms with Crippen LogP contribution in [0, 0.1) is 5.92 Å². The fourth-order valence-corrected chi connectivity index (χ4v) is 4.89. The number of hydrogen-bond donors (Lipinski definition) is 3. The lowest BCUT2D eigenvalue weighted by atomic mass is 9.96. The summed E-state index contributed by atoms with van der Waals surface area (Å²) in [7, 11) is 0. The van der Waals surface area contributed by atoms with Crippen molar-refractivity contribution >= 4 is 18.0 Å². The Morgan fingerprint density at radius 1 is 1.00 bits per heavy atom. The smallest absolute Gasteiger partial charge is 0.407 e. The van der Waals surface area contributed by atoms with Crippen molar-refractivity contribution in [2.24, 2.45) is 5.92 Å². The van der Waals surface area contributed by atoms with Crippen LogP contribution in [0.5, 0.6) is 0 Å². The molecule has 1 atom stereocenters. The highest BCUT2D eigenvalue weighted by Gasteiger charge is 2.50. The highest BCUT2D eigenvalue weighted by Crippen LogP contribution is 2.44. The van der Waals surface area contributed by atoms with Crippen LogP contribution in [-0.4, -0.2) is 47.9 Å². The van der Waals surface area contributed by atoms with E-state index in [1.807, 2.05) is 53.8 Å². The van der Waals surface area contributed by atoms with Gasteiger partial charge in [-0.25, -0.2) is 9.59 Å². The zero-order valence-electron chi connectivity index (χ0n) is 18.7. The number of hydrogen-bond acceptors (Lipinski definition) is 4. The SMILES string of the molecule is O=C(NCC(C(=O)NC1(C(=O)O)CCCC1)C(F)(F)F)OCC1c2ccccc2-c2ccccc21. The van der Waals surface area contributed by atoms with Gasteiger partial charge in [0.05, 0.1) is 0 Å². The molecule has 1 saturated carbocycles. The molecule has 0 bridgehead atoms. The quantitative estimate of drug-likeness (QED) is 0.539. The predicted molar refractivity (Wildman–Crippen MR) is 120 cm³/mol. The number of aliphatic carboxylic acids is 1. The molecular formula is C25H25F3N2O5. The highest BCUT2D eigenvalue weighted by molar-refractivity contribution is 5.89. The Hall–Kier alpha value is -3.56. The molecule has 2 amide bonds. The van der Waals surface area contributed by atoms with Gasteiger partial charge in [0.15, 0.2) is 5.92 Å². The molecule has 2 aromatic rings. The van der Waals surface area contributed by atoms with E-state index in [2.05, 4.69) is 5.32 Å². The maximum absolute atomic E-state index is 13.6. The van der Waals surface area contributed by atoms with Crippen molar-refractivity contribution in [1.29, 1.82) is 0 Å². The van der Waals surface area contributed by atoms with E-state index < -0.39 is 42.1 Å². The molecule has 2 aliphatic carbocycles. The number of nitrogens with one attached hydrogen (secondary N) is 2. The van der Waals surface area contributed by atoms with Gasteiger partial charge in [-0.05, 0) is 35.1 Å². The highest BCUT2D eigenvalue weighted by atomic mass is 19.4. The van der Waals surface area contributed by atoms with Crippen LogP contribution in [0.4, 0.5) is 18.0 Å². The lowest BCUT2D eigenvalue weighted by molar-refractivity contribution is -0.183. The number of rotatable bonds is 7. The maximum Gasteiger partial charge on any atom is 0.407 e. The lowest BCUT2D eigenvalue weighted by Crippen LogP contribution is -2.57. The average molecular weight is 490 g/mol. The number of carboxylic acids is 1. The lowest BCUT2D eigenvalue weighted by Gasteiger charge is -2.29. The predicted octanol–water partition coefficient (Wildman–Crippen LogP) is 4.22. The molecule has 0 aliphatic heterocycles. The molecule has 3 N–H and O–H groups in total. The first-order chi connectivity index (χ1) is 16.6. The Morgan fingerprint density at radius 2 is 1.54 bits per heavy atom. The largest absolute Gasteiger partial charge is 0.480 e. The zero-order chi connectivity index (χ0) is 25.2. The molecule has 0 spiro atoms. The van der Waals surface area contributed by atoms with Crippen LogP contribution in [-0.2, 0) is 14.3 Å². The minimum absolute atomic E-state index is 0.0540. The van der Waals surface area contributed by atoms with E-state index in [1.165, 1.54) is 0 Å². The standard InChI is InChI=1S/C25H25F3N2O5/c26-25(27,28)20(21(31)30-24(22(32)33)11-5-6-12-24)13-29-23(34)35-14-19-17-9-3-1-7-15(17)16-8-2-4-10-18(16)19/h1-4,7-10,19-20H,5-6,11-14H2,(H,29,34)(H,30,31)(H,32,33). The van der Waals surface area contributed by atoms with Gasteiger partial charge in [-0.3, -0.25) is 4.79 Å². The first kappa shape index (κ1) is 24.6. The van der Waals surface area contributed by atoms with Crippen molar-refractivity contribution in [3.8, 4) is 11.1 Å². The second-order valence-electron chi connectivity index (χ2n) is 8.88. The van der Waals surface area contributed by atoms with Gasteiger partial charge in [0, 0.05) is 12.5 Å². The molecule has 0 radical (unpaired) electrons. The topological polar surface area (TPSA) is 105 Å². The number of ether oxygens (including phenoxy) is 1. The molecule has 1 unspecified atom stereocenters. The second kappa shape index (κ2) is 9.59. The van der Waals surface area contributed by atoms with Gasteiger partial charge in [-0.1, -0.05) is 61.4 Å². The Labute approximate surface area is 199 Å². The summed E-state index contributed by atoms with van der Waals surface area (Å²) in [6.07, 6.45) is -5.00. The van der Waals surface area contributed by atoms with Gasteiger partial charge >= 0.3 is 18.2 Å². The molecule has 35 heavy (non-hydrogen) atoms. The van der Waals surface area contributed by atoms with Crippen LogP contribution < -0.4 is 10.6 Å². The van der Waals surface area contributed by atoms with E-state index in [9.17, 15) is 32.7 Å². The van der Waals surface area contributed by atoms with Gasteiger partial charge in [0.2, 0.25) is 5.91 Å². The molecule has 4 rings (SSSR count). The van der Waals surface area contributed by atoms with Gasteiger partial charge in [-0.15, -0.1) is 0 Å². The van der Waals surface area contributed by atoms with E-state index in [4.69, 9.17) is 4.74 Å². The molecule has 0 heterocycles. The molecule has 0 saturated heterocycles. The number of halogens is 3. The summed E-state index contributed by atoms with van der Waals surface area (Å²) >= 11 is 0. The Kier molecular flexibility index (Phi) is 6.73. The summed E-state index contributed by atoms with van der Waals surface area (Å²) in [6, 6.07) is 15.2. The first-order valence-corrected chi connectivity index (χ1v) is 11.3. The number of carboxylic acid groups (broad SMARTS) is 1. The Bertz CT molecular complexity index is 1080. The summed E-state index contributed by atoms with van der Waals surface area (Å²) in [6.45, 7) is -1.16. The van der Waals surface area contributed by atoms with Crippen LogP contribution in [0.25, 0.3) is 11.1 Å². The molecule has 2 aliphatic rings. The van der Waals surface area contributed by atoms with Crippen molar-refractivity contribution in [3.05, 3.63) is 59.7 Å². The fraction of sp³-hybridized carbons (Fsp3) is 0.400. The summed E-state index contributed by atoms with van der Waals surface area (Å²) in [5, 5.41) is 13.5. The van der Waals surface area contributed by atoms with Crippen LogP contribution >= 0.6 is 0 Å². The monoisotopic (exact) mass is 490 g/mol. The van der Waals surface area contributed by atoms with Crippen LogP contribution in [0.1, 0.15) is 42.7 Å². The van der Waals surface area contributed by atoms with Crippen LogP contribution in [0.15, 0.2) is 48.5 Å². The minimum Gasteiger partial charge on any atom is -0.480 e. The maximum atomic E-state index is 13.6. The molecular weight excluding hydrogens is 465 g/mol. The molecule has 1 fully saturated rings. The van der Waals surface area contributed by atoms with Gasteiger partial charge in [-0.2, -0.15) is 13.2 Å². The Morgan fingerprint density at radius 3 is 2.06 bits per heavy atom. The summed E-state index contributed by atoms with van der Waals surface area (Å²) < 4.78 is 46.0. The number of alkyl halides is 3. The van der Waals surface area contributed by atoms with E-state index in [1.54, 1.807) is 0 Å². The van der Waals surface area contributed by atoms with E-state index >= 15 is 0 Å². The number of fused-ring (bicyclic) bond motifs is 3. The van der Waals surface area contributed by atoms with Gasteiger partial charge < -0.3 is 20.5 Å². The number of alkyl carbamates (subject to hydrolysis) is 1. The normalized spacial score (nSPS) is 17.2. The number of carbonyl (C=O) groups is 3. The van der Waals surface area contributed by atoms with E-state index in [0.717, 1.165) is 22.3 Å². The van der Waals surface area contributed by atoms with Crippen LogP contribution in [0.2, 0.25) is 0 Å². The third kappa shape index (κ3) is 4.96. The van der Waals surface area contributed by atoms with Crippen LogP contribution in [0.3, 0.4) is 0 Å². The summed E-state index contributed by atoms with van der Waals surface area (Å²) in [5.74, 6) is -5.73. The number of benzene rings is 2. The third-order valence-electron chi connectivity index (χ3n) is 6.73. The molecule has 0 aromatic heterocycles. The van der Waals surface area contributed by atoms with E-state index in [0.29, 0.717) is 12.8 Å². The molecule has 186 valence electrons. The zero-order valence-corrected chi connectivity index (χ0v) is 18.7. The second-order valence-corrected chi connectivity index (χ2v) is 8.88. The van der Waals surface area contributed by atoms with Crippen molar-refractivity contribution in [2.75, 3.05) is 13.2 Å². The van der Waals surface area contributed by atoms with Crippen molar-refractivity contribution in [2.45, 2.75) is 43.3 Å². The summed E-state index contributed by atoms with van der Waals surface area (Å²) in [5.41, 5.74) is 2.19. The minimum atomic E-state index is -4.99. The van der Waals surface area contributed by atoms with Crippen molar-refractivity contribution in [1.82, 2.24) is 10.6 Å². The molecule has 7 nitrogen and oxygen atoms in total. The third-order valence-corrected chi connectivity index (χ3v) is 6.73. The van der Waals surface area contributed by atoms with Crippen molar-refractivity contribution < 1.29 is 37.4 Å². The van der Waals surface area contributed by atoms with Gasteiger partial charge in [0.1, 0.15) is 12.1 Å². The molecule has 2 aromatic carbocycles. The average Bonchev–Trinajstić information content (AvgIpc) is 3.40. The Balaban J connectivity index is 1.39. The fourth-order valence-electron chi connectivity index (χ4n) is 4.89. The van der Waals surface area contributed by atoms with Crippen molar-refractivity contribution in [3.63, 3.8) is 0 Å². The molecule has 10 heteroatoms. The number of carbonyl (C=O) groups excluding carboxylic acids is 2. The van der Waals surface area contributed by atoms with Gasteiger partial charge in [0.25, 0.3) is 0 Å². The first-order valence-electron chi connectivity index (χ1n) is 11.3. The number of amides is 2. The summed E-state index contributed by atoms with van der Waals surface area (Å²) in [4.78, 5) is 36.3. The van der Waals surface area contributed by atoms with E-state index in [-0.39, 0.29) is 25.4 Å².